The largest absolute Gasteiger partial charge is 0.479 e. The number of fused-ring (bicyclic) bond motifs is 7. The summed E-state index contributed by atoms with van der Waals surface area (Å²) < 4.78 is 59.9. The molecule has 8 fully saturated rings. The molecular weight excluding hydrogens is 1140 g/mol. The van der Waals surface area contributed by atoms with E-state index in [0.29, 0.717) is 37.7 Å². The van der Waals surface area contributed by atoms with E-state index in [2.05, 4.69) is 26.8 Å². The van der Waals surface area contributed by atoms with Crippen molar-refractivity contribution in [2.75, 3.05) is 19.8 Å². The van der Waals surface area contributed by atoms with Gasteiger partial charge < -0.3 is 119 Å². The Hall–Kier alpha value is -3.24. The minimum absolute atomic E-state index is 0.112. The molecule has 27 nitrogen and oxygen atoms in total. The summed E-state index contributed by atoms with van der Waals surface area (Å²) in [6.45, 7) is 14.8. The molecule has 0 aromatic rings. The lowest BCUT2D eigenvalue weighted by Crippen LogP contribution is -2.72. The minimum Gasteiger partial charge on any atom is -0.479 e. The van der Waals surface area contributed by atoms with Crippen molar-refractivity contribution in [3.05, 3.63) is 23.3 Å². The maximum absolute atomic E-state index is 14.2. The average Bonchev–Trinajstić information content (AvgIpc) is 0.686. The quantitative estimate of drug-likeness (QED) is 0.0287. The van der Waals surface area contributed by atoms with Gasteiger partial charge in [-0.3, -0.25) is 4.79 Å². The van der Waals surface area contributed by atoms with Crippen LogP contribution in [0.2, 0.25) is 0 Å². The topological polar surface area (TPSA) is 424 Å². The zero-order valence-electron chi connectivity index (χ0n) is 50.0. The van der Waals surface area contributed by atoms with Gasteiger partial charge >= 0.3 is 17.9 Å². The average molecular weight is 1230 g/mol. The van der Waals surface area contributed by atoms with Crippen LogP contribution in [0, 0.1) is 50.2 Å². The Balaban J connectivity index is 1.05. The van der Waals surface area contributed by atoms with E-state index in [9.17, 15) is 85.6 Å². The van der Waals surface area contributed by atoms with Crippen LogP contribution in [-0.2, 0) is 66.5 Å². The first-order chi connectivity index (χ1) is 40.2. The maximum atomic E-state index is 14.2. The molecule has 86 heavy (non-hydrogen) atoms. The number of rotatable bonds is 15. The van der Waals surface area contributed by atoms with Crippen molar-refractivity contribution in [1.29, 1.82) is 0 Å². The molecule has 4 aliphatic heterocycles. The van der Waals surface area contributed by atoms with Gasteiger partial charge in [0.25, 0.3) is 0 Å². The van der Waals surface area contributed by atoms with Gasteiger partial charge in [-0.15, -0.1) is 0 Å². The summed E-state index contributed by atoms with van der Waals surface area (Å²) in [5, 5.41) is 144. The number of carboxylic acids is 1. The Morgan fingerprint density at radius 1 is 0.721 bits per heavy atom. The standard InChI is InChI=1S/C59H90O27/c1-10-24(2)48(75)85-46-45(72)59(23-78-25(3)62)27(18-54(46,4)5)26-11-12-33-55(6)15-14-35(56(7,22-61)32(55)13-16-57(33,8)58(26,9)19-34(59)65)81-53-44(84-52-40(70)38(68)37(67)31(20-60)80-52)42(41(71)43(83-53)47(73)74)82-50-30(17-28(63)49(76)86-50)79-51-39(69)36(66)29(64)21-77-51/h10-11,22,27-46,49-53,60,63-72,76H,12-21,23H2,1-9H3,(H,73,74)/b24-10+/t27-,28+,29+,30+,31+,32+,33+,34+,35-,36-,37-,38-,39+,40+,41-,42-,43-,44+,45-,46-,49-,50+,51-,52-,53+,55-,56-,57+,58+,59-/m0/s1. The Labute approximate surface area is 498 Å². The molecule has 488 valence electrons. The molecule has 27 heteroatoms. The van der Waals surface area contributed by atoms with E-state index in [4.69, 9.17) is 47.4 Å². The van der Waals surface area contributed by atoms with Crippen LogP contribution in [-0.4, -0.2) is 246 Å². The Kier molecular flexibility index (Phi) is 19.3. The number of aliphatic hydroxyl groups is 12. The van der Waals surface area contributed by atoms with Gasteiger partial charge in [0.1, 0.15) is 98.3 Å². The lowest BCUT2D eigenvalue weighted by Gasteiger charge is -2.72. The van der Waals surface area contributed by atoms with Gasteiger partial charge in [-0.1, -0.05) is 59.3 Å². The molecule has 30 atom stereocenters. The summed E-state index contributed by atoms with van der Waals surface area (Å²) in [5.74, 6) is -4.18. The number of hydrogen-bond acceptors (Lipinski definition) is 26. The van der Waals surface area contributed by atoms with E-state index >= 15 is 0 Å². The van der Waals surface area contributed by atoms with Gasteiger partial charge in [-0.2, -0.15) is 0 Å². The number of aldehydes is 1. The zero-order chi connectivity index (χ0) is 63.3. The van der Waals surface area contributed by atoms with Crippen molar-refractivity contribution < 1.29 is 133 Å². The zero-order valence-corrected chi connectivity index (χ0v) is 50.0. The van der Waals surface area contributed by atoms with Crippen molar-refractivity contribution in [1.82, 2.24) is 0 Å². The van der Waals surface area contributed by atoms with E-state index in [1.165, 1.54) is 6.92 Å². The van der Waals surface area contributed by atoms with Crippen LogP contribution in [0.4, 0.5) is 0 Å². The minimum atomic E-state index is -2.28. The third-order valence-corrected chi connectivity index (χ3v) is 22.2. The Morgan fingerprint density at radius 3 is 2.03 bits per heavy atom. The highest BCUT2D eigenvalue weighted by Crippen LogP contribution is 2.76. The van der Waals surface area contributed by atoms with E-state index in [-0.39, 0.29) is 25.4 Å². The number of carboxylic acid groups (broad SMARTS) is 1. The van der Waals surface area contributed by atoms with Crippen LogP contribution in [0.3, 0.4) is 0 Å². The van der Waals surface area contributed by atoms with Crippen molar-refractivity contribution in [2.24, 2.45) is 50.2 Å². The van der Waals surface area contributed by atoms with Crippen LogP contribution in [0.1, 0.15) is 114 Å². The van der Waals surface area contributed by atoms with E-state index in [0.717, 1.165) is 11.9 Å². The lowest BCUT2D eigenvalue weighted by molar-refractivity contribution is -0.405. The third kappa shape index (κ3) is 11.1. The van der Waals surface area contributed by atoms with Crippen LogP contribution in [0.5, 0.6) is 0 Å². The molecule has 0 aromatic heterocycles. The fourth-order valence-corrected chi connectivity index (χ4v) is 16.9. The fraction of sp³-hybridized carbons (Fsp3) is 0.864. The fourth-order valence-electron chi connectivity index (χ4n) is 16.9. The normalized spacial score (nSPS) is 51.1. The second kappa shape index (κ2) is 24.8. The van der Waals surface area contributed by atoms with E-state index < -0.39 is 217 Å². The first kappa shape index (κ1) is 67.2. The van der Waals surface area contributed by atoms with Gasteiger partial charge in [0, 0.05) is 24.3 Å². The molecule has 4 saturated heterocycles. The summed E-state index contributed by atoms with van der Waals surface area (Å²) in [6.07, 6.45) is -32.8. The number of allylic oxidation sites excluding steroid dienone is 3. The monoisotopic (exact) mass is 1230 g/mol. The maximum Gasteiger partial charge on any atom is 0.335 e. The number of esters is 2. The highest BCUT2D eigenvalue weighted by molar-refractivity contribution is 5.87. The first-order valence-electron chi connectivity index (χ1n) is 29.9. The Morgan fingerprint density at radius 2 is 1.40 bits per heavy atom. The summed E-state index contributed by atoms with van der Waals surface area (Å²) in [7, 11) is 0. The molecule has 4 saturated carbocycles. The smallest absolute Gasteiger partial charge is 0.335 e. The van der Waals surface area contributed by atoms with E-state index in [1.54, 1.807) is 26.8 Å². The van der Waals surface area contributed by atoms with Crippen LogP contribution >= 0.6 is 0 Å². The number of aliphatic carboxylic acids is 1. The molecule has 9 rings (SSSR count). The molecule has 4 heterocycles. The van der Waals surface area contributed by atoms with Crippen molar-refractivity contribution >= 4 is 24.2 Å². The van der Waals surface area contributed by atoms with Crippen molar-refractivity contribution in [3.63, 3.8) is 0 Å². The molecule has 0 bridgehead atoms. The molecular formula is C59H90O27. The molecule has 9 aliphatic rings. The molecule has 13 N–H and O–H groups in total. The Bertz CT molecular complexity index is 2550. The SMILES string of the molecule is C/C=C(\C)C(=O)O[C@H]1[C@H](O)[C@]2(COC(C)=O)[C@H](O)C[C@]3(C)C(=CC[C@@H]4[C@@]5(C)CC[C@H](O[C@@H]6O[C@H](C(=O)O)[C@@H](O)[C@H](O[C@@H]7O[C@H](O)[C@H](O)C[C@H]7O[C@@H]7OC[C@@H](O)[C@H](O)[C@H]7O)[C@H]6O[C@@H]6O[C@H](CO)[C@H](O)[C@H](O)[C@H]6O)[C@@](C)(C=O)[C@@H]5CC[C@]43C)[C@@H]2CC1(C)C. The predicted molar refractivity (Wildman–Crippen MR) is 288 cm³/mol. The predicted octanol–water partition coefficient (Wildman–Crippen LogP) is -1.66. The first-order valence-corrected chi connectivity index (χ1v) is 29.9. The molecule has 0 spiro atoms. The molecule has 0 amide bonds. The van der Waals surface area contributed by atoms with Gasteiger partial charge in [-0.05, 0) is 92.8 Å². The number of ether oxygens (including phenoxy) is 10. The highest BCUT2D eigenvalue weighted by atomic mass is 16.8. The molecule has 5 aliphatic carbocycles. The second-order valence-electron chi connectivity index (χ2n) is 27.3. The lowest BCUT2D eigenvalue weighted by atomic mass is 9.33. The molecule has 0 aromatic carbocycles. The number of carbonyl (C=O) groups is 4. The molecule has 0 radical (unpaired) electrons. The van der Waals surface area contributed by atoms with Gasteiger partial charge in [0.15, 0.2) is 37.6 Å². The van der Waals surface area contributed by atoms with Crippen LogP contribution < -0.4 is 0 Å². The molecule has 0 unspecified atom stereocenters. The van der Waals surface area contributed by atoms with E-state index in [1.807, 2.05) is 13.8 Å². The summed E-state index contributed by atoms with van der Waals surface area (Å²) >= 11 is 0. The number of aliphatic hydroxyl groups excluding tert-OH is 12. The third-order valence-electron chi connectivity index (χ3n) is 22.2. The van der Waals surface area contributed by atoms with Crippen molar-refractivity contribution in [3.8, 4) is 0 Å². The second-order valence-corrected chi connectivity index (χ2v) is 27.3. The van der Waals surface area contributed by atoms with Crippen LogP contribution in [0.25, 0.3) is 0 Å². The summed E-state index contributed by atoms with van der Waals surface area (Å²) in [4.78, 5) is 53.3. The highest BCUT2D eigenvalue weighted by Gasteiger charge is 2.74. The summed E-state index contributed by atoms with van der Waals surface area (Å²) in [5.41, 5.74) is -4.42. The summed E-state index contributed by atoms with van der Waals surface area (Å²) in [6, 6.07) is 0. The van der Waals surface area contributed by atoms with Crippen molar-refractivity contribution in [2.45, 2.75) is 249 Å². The van der Waals surface area contributed by atoms with Crippen LogP contribution in [0.15, 0.2) is 23.3 Å². The number of hydrogen-bond donors (Lipinski definition) is 13. The van der Waals surface area contributed by atoms with Gasteiger partial charge in [0.2, 0.25) is 0 Å². The number of carbonyl (C=O) groups excluding carboxylic acids is 3. The van der Waals surface area contributed by atoms with Gasteiger partial charge in [-0.25, -0.2) is 9.59 Å². The van der Waals surface area contributed by atoms with Gasteiger partial charge in [0.05, 0.1) is 36.3 Å².